The highest BCUT2D eigenvalue weighted by Crippen LogP contribution is 2.14. The maximum Gasteiger partial charge on any atom is 0.319 e. The molecule has 0 aliphatic rings. The number of hydrogen-bond donors (Lipinski definition) is 2. The molecule has 2 aromatic carbocycles. The van der Waals surface area contributed by atoms with Gasteiger partial charge in [0, 0.05) is 12.2 Å². The number of nitrogens with one attached hydrogen (secondary N) is 2. The van der Waals surface area contributed by atoms with Crippen LogP contribution in [0.15, 0.2) is 48.5 Å². The van der Waals surface area contributed by atoms with E-state index in [0.29, 0.717) is 6.54 Å². The van der Waals surface area contributed by atoms with Gasteiger partial charge in [0.2, 0.25) is 0 Å². The molecule has 0 unspecified atom stereocenters. The van der Waals surface area contributed by atoms with E-state index in [1.165, 1.54) is 11.1 Å². The number of rotatable bonds is 5. The van der Waals surface area contributed by atoms with Crippen LogP contribution in [-0.2, 0) is 12.8 Å². The Balaban J connectivity index is 1.81. The second-order valence-corrected chi connectivity index (χ2v) is 5.13. The number of carbonyl (C=O) groups is 1. The highest BCUT2D eigenvalue weighted by atomic mass is 16.2. The quantitative estimate of drug-likeness (QED) is 0.857. The molecule has 0 aliphatic carbocycles. The van der Waals surface area contributed by atoms with Crippen LogP contribution in [0.25, 0.3) is 0 Å². The van der Waals surface area contributed by atoms with Crippen molar-refractivity contribution < 1.29 is 4.79 Å². The lowest BCUT2D eigenvalue weighted by atomic mass is 10.1. The van der Waals surface area contributed by atoms with Crippen LogP contribution >= 0.6 is 0 Å². The van der Waals surface area contributed by atoms with Crippen LogP contribution in [0.2, 0.25) is 0 Å². The first kappa shape index (κ1) is 15.1. The molecule has 3 nitrogen and oxygen atoms in total. The van der Waals surface area contributed by atoms with E-state index in [1.54, 1.807) is 0 Å². The van der Waals surface area contributed by atoms with Crippen LogP contribution in [0.3, 0.4) is 0 Å². The molecule has 0 saturated carbocycles. The van der Waals surface area contributed by atoms with E-state index < -0.39 is 0 Å². The van der Waals surface area contributed by atoms with Gasteiger partial charge in [-0.05, 0) is 37.0 Å². The summed E-state index contributed by atoms with van der Waals surface area (Å²) >= 11 is 0. The fraction of sp³-hybridized carbons (Fsp3) is 0.278. The van der Waals surface area contributed by atoms with E-state index in [1.807, 2.05) is 24.3 Å². The molecule has 3 heteroatoms. The van der Waals surface area contributed by atoms with Crippen molar-refractivity contribution in [2.24, 2.45) is 0 Å². The first-order valence-electron chi connectivity index (χ1n) is 7.37. The van der Waals surface area contributed by atoms with Gasteiger partial charge in [-0.15, -0.1) is 0 Å². The summed E-state index contributed by atoms with van der Waals surface area (Å²) in [6, 6.07) is 16.1. The van der Waals surface area contributed by atoms with E-state index in [9.17, 15) is 4.79 Å². The lowest BCUT2D eigenvalue weighted by Gasteiger charge is -2.11. The number of amides is 2. The van der Waals surface area contributed by atoms with Gasteiger partial charge < -0.3 is 10.6 Å². The van der Waals surface area contributed by atoms with Gasteiger partial charge in [-0.3, -0.25) is 0 Å². The van der Waals surface area contributed by atoms with Crippen LogP contribution in [-0.4, -0.2) is 12.6 Å². The largest absolute Gasteiger partial charge is 0.338 e. The summed E-state index contributed by atoms with van der Waals surface area (Å²) in [6.07, 6.45) is 1.74. The molecule has 0 heterocycles. The maximum absolute atomic E-state index is 11.9. The second kappa shape index (κ2) is 7.48. The van der Waals surface area contributed by atoms with Crippen molar-refractivity contribution in [1.29, 1.82) is 0 Å². The topological polar surface area (TPSA) is 41.1 Å². The maximum atomic E-state index is 11.9. The third-order valence-electron chi connectivity index (χ3n) is 3.47. The van der Waals surface area contributed by atoms with Crippen molar-refractivity contribution in [2.75, 3.05) is 11.9 Å². The molecule has 110 valence electrons. The minimum atomic E-state index is -0.150. The van der Waals surface area contributed by atoms with Crippen LogP contribution in [0, 0.1) is 6.92 Å². The summed E-state index contributed by atoms with van der Waals surface area (Å²) < 4.78 is 0. The molecule has 0 radical (unpaired) electrons. The number of benzene rings is 2. The predicted molar refractivity (Wildman–Crippen MR) is 87.7 cm³/mol. The van der Waals surface area contributed by atoms with Crippen LogP contribution in [0.5, 0.6) is 0 Å². The Morgan fingerprint density at radius 1 is 1.05 bits per heavy atom. The summed E-state index contributed by atoms with van der Waals surface area (Å²) in [6.45, 7) is 4.78. The second-order valence-electron chi connectivity index (χ2n) is 5.13. The normalized spacial score (nSPS) is 10.2. The molecule has 0 atom stereocenters. The molecule has 0 spiro atoms. The number of carbonyl (C=O) groups excluding carboxylic acids is 1. The first-order chi connectivity index (χ1) is 10.2. The molecule has 2 amide bonds. The van der Waals surface area contributed by atoms with Crippen molar-refractivity contribution in [3.63, 3.8) is 0 Å². The zero-order valence-corrected chi connectivity index (χ0v) is 12.6. The zero-order valence-electron chi connectivity index (χ0n) is 12.6. The van der Waals surface area contributed by atoms with E-state index >= 15 is 0 Å². The average molecular weight is 282 g/mol. The van der Waals surface area contributed by atoms with Gasteiger partial charge >= 0.3 is 6.03 Å². The smallest absolute Gasteiger partial charge is 0.319 e. The Hall–Kier alpha value is -2.29. The fourth-order valence-corrected chi connectivity index (χ4v) is 2.19. The van der Waals surface area contributed by atoms with Gasteiger partial charge in [-0.1, -0.05) is 55.0 Å². The van der Waals surface area contributed by atoms with Crippen LogP contribution in [0.4, 0.5) is 10.5 Å². The Labute approximate surface area is 126 Å². The lowest BCUT2D eigenvalue weighted by Crippen LogP contribution is -2.30. The monoisotopic (exact) mass is 282 g/mol. The van der Waals surface area contributed by atoms with Crippen molar-refractivity contribution in [3.8, 4) is 0 Å². The Morgan fingerprint density at radius 2 is 1.76 bits per heavy atom. The third kappa shape index (κ3) is 4.63. The van der Waals surface area contributed by atoms with Crippen molar-refractivity contribution >= 4 is 11.7 Å². The predicted octanol–water partition coefficient (Wildman–Crippen LogP) is 3.92. The van der Waals surface area contributed by atoms with E-state index in [2.05, 4.69) is 48.7 Å². The molecular formula is C18H22N2O. The highest BCUT2D eigenvalue weighted by molar-refractivity contribution is 5.90. The molecule has 0 bridgehead atoms. The number of anilines is 1. The zero-order chi connectivity index (χ0) is 15.1. The summed E-state index contributed by atoms with van der Waals surface area (Å²) in [4.78, 5) is 11.9. The van der Waals surface area contributed by atoms with Gasteiger partial charge in [-0.25, -0.2) is 4.79 Å². The number of urea groups is 1. The van der Waals surface area contributed by atoms with Crippen molar-refractivity contribution in [3.05, 3.63) is 65.2 Å². The molecule has 0 aliphatic heterocycles. The summed E-state index contributed by atoms with van der Waals surface area (Å²) in [7, 11) is 0. The van der Waals surface area contributed by atoms with Crippen molar-refractivity contribution in [1.82, 2.24) is 5.32 Å². The molecule has 2 aromatic rings. The van der Waals surface area contributed by atoms with E-state index in [0.717, 1.165) is 24.1 Å². The van der Waals surface area contributed by atoms with E-state index in [-0.39, 0.29) is 6.03 Å². The van der Waals surface area contributed by atoms with Gasteiger partial charge in [0.1, 0.15) is 0 Å². The molecule has 0 aromatic heterocycles. The van der Waals surface area contributed by atoms with Crippen LogP contribution in [0.1, 0.15) is 23.6 Å². The fourth-order valence-electron chi connectivity index (χ4n) is 2.19. The van der Waals surface area contributed by atoms with Gasteiger partial charge in [0.05, 0.1) is 0 Å². The minimum absolute atomic E-state index is 0.150. The van der Waals surface area contributed by atoms with Gasteiger partial charge in [0.15, 0.2) is 0 Å². The average Bonchev–Trinajstić information content (AvgIpc) is 2.50. The van der Waals surface area contributed by atoms with Crippen LogP contribution < -0.4 is 10.6 Å². The number of para-hydroxylation sites is 1. The number of aryl methyl sites for hydroxylation is 2. The summed E-state index contributed by atoms with van der Waals surface area (Å²) in [5.41, 5.74) is 4.51. The lowest BCUT2D eigenvalue weighted by molar-refractivity contribution is 0.252. The SMILES string of the molecule is CCc1ccccc1NC(=O)NCCc1ccc(C)cc1. The first-order valence-corrected chi connectivity index (χ1v) is 7.37. The number of hydrogen-bond acceptors (Lipinski definition) is 1. The summed E-state index contributed by atoms with van der Waals surface area (Å²) in [5.74, 6) is 0. The standard InChI is InChI=1S/C18H22N2O/c1-3-16-6-4-5-7-17(16)20-18(21)19-13-12-15-10-8-14(2)9-11-15/h4-11H,3,12-13H2,1-2H3,(H2,19,20,21). The molecule has 2 N–H and O–H groups in total. The molecule has 0 fully saturated rings. The summed E-state index contributed by atoms with van der Waals surface area (Å²) in [5, 5.41) is 5.80. The van der Waals surface area contributed by atoms with Gasteiger partial charge in [0.25, 0.3) is 0 Å². The molecular weight excluding hydrogens is 260 g/mol. The minimum Gasteiger partial charge on any atom is -0.338 e. The Morgan fingerprint density at radius 3 is 2.48 bits per heavy atom. The third-order valence-corrected chi connectivity index (χ3v) is 3.47. The van der Waals surface area contributed by atoms with E-state index in [4.69, 9.17) is 0 Å². The molecule has 21 heavy (non-hydrogen) atoms. The Kier molecular flexibility index (Phi) is 5.38. The van der Waals surface area contributed by atoms with Crippen molar-refractivity contribution in [2.45, 2.75) is 26.7 Å². The molecule has 0 saturated heterocycles. The Bertz CT molecular complexity index is 590. The highest BCUT2D eigenvalue weighted by Gasteiger charge is 2.04. The molecule has 2 rings (SSSR count). The van der Waals surface area contributed by atoms with Gasteiger partial charge in [-0.2, -0.15) is 0 Å².